The molecule has 3 aliphatic rings. The van der Waals surface area contributed by atoms with Gasteiger partial charge in [0.15, 0.2) is 0 Å². The monoisotopic (exact) mass is 389 g/mol. The van der Waals surface area contributed by atoms with Gasteiger partial charge in [0.1, 0.15) is 5.82 Å². The van der Waals surface area contributed by atoms with Crippen LogP contribution in [0.25, 0.3) is 0 Å². The molecule has 0 bridgehead atoms. The van der Waals surface area contributed by atoms with Crippen molar-refractivity contribution >= 4 is 17.6 Å². The van der Waals surface area contributed by atoms with E-state index in [4.69, 9.17) is 4.74 Å². The molecule has 0 radical (unpaired) electrons. The van der Waals surface area contributed by atoms with Crippen molar-refractivity contribution in [1.82, 2.24) is 9.80 Å². The lowest BCUT2D eigenvalue weighted by Gasteiger charge is -2.39. The minimum absolute atomic E-state index is 0.183. The number of anilines is 1. The standard InChI is InChI=1S/C21H28FN3O3/c22-16-5-4-6-17(13-16)23-20(27)25-14-18(19(26)24-9-2-1-3-10-24)21(15-25)7-11-28-12-8-21/h4-6,13,18H,1-3,7-12,14-15H2,(H,23,27)/t18-/m1/s1. The van der Waals surface area contributed by atoms with E-state index < -0.39 is 5.82 Å². The van der Waals surface area contributed by atoms with E-state index in [1.165, 1.54) is 18.6 Å². The van der Waals surface area contributed by atoms with Gasteiger partial charge in [-0.1, -0.05) is 6.07 Å². The van der Waals surface area contributed by atoms with E-state index in [1.807, 2.05) is 4.90 Å². The molecule has 1 N–H and O–H groups in total. The Morgan fingerprint density at radius 1 is 1.11 bits per heavy atom. The van der Waals surface area contributed by atoms with Crippen LogP contribution in [-0.2, 0) is 9.53 Å². The normalized spacial score (nSPS) is 24.4. The second-order valence-corrected chi connectivity index (χ2v) is 8.23. The Bertz CT molecular complexity index is 729. The van der Waals surface area contributed by atoms with Crippen LogP contribution in [0.15, 0.2) is 24.3 Å². The Hall–Kier alpha value is -2.15. The molecule has 0 aliphatic carbocycles. The summed E-state index contributed by atoms with van der Waals surface area (Å²) in [5, 5.41) is 2.78. The average Bonchev–Trinajstić information content (AvgIpc) is 3.07. The quantitative estimate of drug-likeness (QED) is 0.846. The van der Waals surface area contributed by atoms with E-state index >= 15 is 0 Å². The van der Waals surface area contributed by atoms with Gasteiger partial charge in [0.25, 0.3) is 0 Å². The number of nitrogens with one attached hydrogen (secondary N) is 1. The van der Waals surface area contributed by atoms with Gasteiger partial charge in [-0.3, -0.25) is 4.79 Å². The Kier molecular flexibility index (Phi) is 5.53. The molecule has 1 spiro atoms. The highest BCUT2D eigenvalue weighted by molar-refractivity contribution is 5.90. The topological polar surface area (TPSA) is 61.9 Å². The van der Waals surface area contributed by atoms with Crippen molar-refractivity contribution in [3.63, 3.8) is 0 Å². The van der Waals surface area contributed by atoms with Crippen LogP contribution in [0, 0.1) is 17.2 Å². The summed E-state index contributed by atoms with van der Waals surface area (Å²) >= 11 is 0. The number of urea groups is 1. The summed E-state index contributed by atoms with van der Waals surface area (Å²) < 4.78 is 19.0. The van der Waals surface area contributed by atoms with Crippen molar-refractivity contribution in [2.24, 2.45) is 11.3 Å². The maximum Gasteiger partial charge on any atom is 0.321 e. The lowest BCUT2D eigenvalue weighted by Crippen LogP contribution is -2.47. The first-order valence-corrected chi connectivity index (χ1v) is 10.3. The van der Waals surface area contributed by atoms with Crippen molar-refractivity contribution in [2.45, 2.75) is 32.1 Å². The molecule has 3 heterocycles. The van der Waals surface area contributed by atoms with Gasteiger partial charge in [0.05, 0.1) is 5.92 Å². The summed E-state index contributed by atoms with van der Waals surface area (Å²) in [5.74, 6) is -0.395. The zero-order valence-electron chi connectivity index (χ0n) is 16.2. The molecule has 4 rings (SSSR count). The molecule has 0 saturated carbocycles. The first-order valence-electron chi connectivity index (χ1n) is 10.3. The molecule has 28 heavy (non-hydrogen) atoms. The molecular formula is C21H28FN3O3. The number of carbonyl (C=O) groups excluding carboxylic acids is 2. The Labute approximate surface area is 165 Å². The first kappa shape index (κ1) is 19.2. The van der Waals surface area contributed by atoms with Crippen LogP contribution in [0.5, 0.6) is 0 Å². The molecular weight excluding hydrogens is 361 g/mol. The lowest BCUT2D eigenvalue weighted by atomic mass is 9.71. The Morgan fingerprint density at radius 3 is 2.57 bits per heavy atom. The minimum atomic E-state index is -0.390. The highest BCUT2D eigenvalue weighted by Crippen LogP contribution is 2.45. The van der Waals surface area contributed by atoms with Gasteiger partial charge >= 0.3 is 6.03 Å². The van der Waals surface area contributed by atoms with E-state index in [1.54, 1.807) is 17.0 Å². The molecule has 3 saturated heterocycles. The SMILES string of the molecule is O=C(Nc1cccc(F)c1)N1C[C@H](C(=O)N2CCCCC2)C2(CCOCC2)C1. The Morgan fingerprint density at radius 2 is 1.86 bits per heavy atom. The summed E-state index contributed by atoms with van der Waals surface area (Å²) in [6, 6.07) is 5.60. The van der Waals surface area contributed by atoms with Crippen molar-refractivity contribution < 1.29 is 18.7 Å². The third-order valence-electron chi connectivity index (χ3n) is 6.47. The fourth-order valence-electron chi connectivity index (χ4n) is 4.85. The van der Waals surface area contributed by atoms with E-state index in [2.05, 4.69) is 5.32 Å². The molecule has 0 aromatic heterocycles. The maximum atomic E-state index is 13.4. The summed E-state index contributed by atoms with van der Waals surface area (Å²) in [7, 11) is 0. The summed E-state index contributed by atoms with van der Waals surface area (Å²) in [4.78, 5) is 29.9. The summed E-state index contributed by atoms with van der Waals surface area (Å²) in [5.41, 5.74) is 0.211. The predicted molar refractivity (Wildman–Crippen MR) is 103 cm³/mol. The lowest BCUT2D eigenvalue weighted by molar-refractivity contribution is -0.141. The number of likely N-dealkylation sites (tertiary alicyclic amines) is 2. The molecule has 152 valence electrons. The number of nitrogens with zero attached hydrogens (tertiary/aromatic N) is 2. The number of hydrogen-bond donors (Lipinski definition) is 1. The molecule has 3 aliphatic heterocycles. The van der Waals surface area contributed by atoms with Gasteiger partial charge in [0.2, 0.25) is 5.91 Å². The molecule has 3 fully saturated rings. The van der Waals surface area contributed by atoms with Crippen molar-refractivity contribution in [2.75, 3.05) is 44.7 Å². The summed E-state index contributed by atoms with van der Waals surface area (Å²) in [6.07, 6.45) is 4.87. The third kappa shape index (κ3) is 3.85. The number of halogens is 1. The molecule has 3 amide bonds. The van der Waals surface area contributed by atoms with Crippen LogP contribution in [0.4, 0.5) is 14.9 Å². The van der Waals surface area contributed by atoms with Gasteiger partial charge in [-0.05, 0) is 50.3 Å². The molecule has 7 heteroatoms. The zero-order valence-corrected chi connectivity index (χ0v) is 16.2. The zero-order chi connectivity index (χ0) is 19.6. The highest BCUT2D eigenvalue weighted by Gasteiger charge is 2.52. The van der Waals surface area contributed by atoms with Gasteiger partial charge < -0.3 is 19.9 Å². The average molecular weight is 389 g/mol. The van der Waals surface area contributed by atoms with Gasteiger partial charge in [-0.15, -0.1) is 0 Å². The Balaban J connectivity index is 1.50. The second-order valence-electron chi connectivity index (χ2n) is 8.23. The van der Waals surface area contributed by atoms with Crippen LogP contribution < -0.4 is 5.32 Å². The molecule has 1 atom stereocenters. The number of hydrogen-bond acceptors (Lipinski definition) is 3. The van der Waals surface area contributed by atoms with Crippen LogP contribution in [-0.4, -0.2) is 61.1 Å². The number of amides is 3. The number of ether oxygens (including phenoxy) is 1. The van der Waals surface area contributed by atoms with Crippen molar-refractivity contribution in [3.8, 4) is 0 Å². The van der Waals surface area contributed by atoms with Crippen LogP contribution in [0.2, 0.25) is 0 Å². The van der Waals surface area contributed by atoms with Gasteiger partial charge in [-0.25, -0.2) is 9.18 Å². The second kappa shape index (κ2) is 8.07. The third-order valence-corrected chi connectivity index (χ3v) is 6.47. The van der Waals surface area contributed by atoms with Gasteiger partial charge in [-0.2, -0.15) is 0 Å². The minimum Gasteiger partial charge on any atom is -0.381 e. The fourth-order valence-corrected chi connectivity index (χ4v) is 4.85. The molecule has 1 aromatic rings. The fraction of sp³-hybridized carbons (Fsp3) is 0.619. The van der Waals surface area contributed by atoms with Crippen LogP contribution >= 0.6 is 0 Å². The van der Waals surface area contributed by atoms with E-state index in [0.717, 1.165) is 38.8 Å². The number of carbonyl (C=O) groups is 2. The molecule has 6 nitrogen and oxygen atoms in total. The highest BCUT2D eigenvalue weighted by atomic mass is 19.1. The predicted octanol–water partition coefficient (Wildman–Crippen LogP) is 3.10. The van der Waals surface area contributed by atoms with Crippen molar-refractivity contribution in [1.29, 1.82) is 0 Å². The molecule has 0 unspecified atom stereocenters. The maximum absolute atomic E-state index is 13.4. The van der Waals surface area contributed by atoms with E-state index in [-0.39, 0.29) is 23.3 Å². The number of benzene rings is 1. The first-order chi connectivity index (χ1) is 13.6. The van der Waals surface area contributed by atoms with Gasteiger partial charge in [0, 0.05) is 50.5 Å². The largest absolute Gasteiger partial charge is 0.381 e. The smallest absolute Gasteiger partial charge is 0.321 e. The number of piperidine rings is 1. The van der Waals surface area contributed by atoms with E-state index in [9.17, 15) is 14.0 Å². The van der Waals surface area contributed by atoms with E-state index in [0.29, 0.717) is 32.0 Å². The van der Waals surface area contributed by atoms with Crippen molar-refractivity contribution in [3.05, 3.63) is 30.1 Å². The number of rotatable bonds is 2. The van der Waals surface area contributed by atoms with Crippen LogP contribution in [0.1, 0.15) is 32.1 Å². The molecule has 1 aromatic carbocycles. The van der Waals surface area contributed by atoms with Crippen LogP contribution in [0.3, 0.4) is 0 Å². The summed E-state index contributed by atoms with van der Waals surface area (Å²) in [6.45, 7) is 3.85.